The van der Waals surface area contributed by atoms with E-state index in [-0.39, 0.29) is 6.04 Å². The first-order chi connectivity index (χ1) is 7.79. The first kappa shape index (κ1) is 10.6. The van der Waals surface area contributed by atoms with Crippen molar-refractivity contribution < 1.29 is 0 Å². The predicted octanol–water partition coefficient (Wildman–Crippen LogP) is 2.58. The smallest absolute Gasteiger partial charge is 0.126 e. The van der Waals surface area contributed by atoms with Gasteiger partial charge in [0.25, 0.3) is 0 Å². The third-order valence-electron chi connectivity index (χ3n) is 2.08. The van der Waals surface area contributed by atoms with Gasteiger partial charge in [-0.15, -0.1) is 11.3 Å². The molecule has 2 aromatic rings. The van der Waals surface area contributed by atoms with E-state index in [4.69, 9.17) is 5.26 Å². The quantitative estimate of drug-likeness (QED) is 0.880. The molecule has 0 spiro atoms. The van der Waals surface area contributed by atoms with E-state index in [9.17, 15) is 0 Å². The molecule has 80 valence electrons. The molecule has 0 amide bonds. The van der Waals surface area contributed by atoms with Crippen LogP contribution < -0.4 is 5.32 Å². The Labute approximate surface area is 97.6 Å². The van der Waals surface area contributed by atoms with Gasteiger partial charge in [-0.3, -0.25) is 0 Å². The number of nitrogens with zero attached hydrogens (tertiary/aromatic N) is 3. The number of aromatic nitrogens is 2. The van der Waals surface area contributed by atoms with Gasteiger partial charge >= 0.3 is 0 Å². The number of rotatable bonds is 3. The molecule has 1 N–H and O–H groups in total. The lowest BCUT2D eigenvalue weighted by atomic mass is 10.3. The molecule has 2 rings (SSSR count). The maximum atomic E-state index is 8.64. The van der Waals surface area contributed by atoms with Gasteiger partial charge in [-0.2, -0.15) is 5.26 Å². The highest BCUT2D eigenvalue weighted by Crippen LogP contribution is 2.19. The zero-order valence-corrected chi connectivity index (χ0v) is 9.53. The van der Waals surface area contributed by atoms with Gasteiger partial charge in [0.05, 0.1) is 11.6 Å². The number of pyridine rings is 1. The van der Waals surface area contributed by atoms with Crippen LogP contribution >= 0.6 is 11.3 Å². The molecule has 2 heterocycles. The van der Waals surface area contributed by atoms with Gasteiger partial charge in [0, 0.05) is 17.8 Å². The van der Waals surface area contributed by atoms with Gasteiger partial charge in [-0.1, -0.05) is 0 Å². The summed E-state index contributed by atoms with van der Waals surface area (Å²) in [5, 5.41) is 14.8. The first-order valence-corrected chi connectivity index (χ1v) is 5.69. The number of nitrogens with one attached hydrogen (secondary N) is 1. The van der Waals surface area contributed by atoms with Crippen molar-refractivity contribution in [3.05, 3.63) is 40.5 Å². The molecule has 0 fully saturated rings. The molecule has 0 radical (unpaired) electrons. The molecule has 0 saturated carbocycles. The molecule has 0 aliphatic carbocycles. The fourth-order valence-corrected chi connectivity index (χ4v) is 1.92. The lowest BCUT2D eigenvalue weighted by Crippen LogP contribution is -2.07. The van der Waals surface area contributed by atoms with Crippen LogP contribution in [-0.2, 0) is 0 Å². The fourth-order valence-electron chi connectivity index (χ4n) is 1.28. The standard InChI is InChI=1S/C11H10N4S/c1-8(11-13-4-5-16-11)15-10-3-2-9(6-12)7-14-10/h2-5,7-8H,1H3,(H,14,15). The molecule has 2 aromatic heterocycles. The summed E-state index contributed by atoms with van der Waals surface area (Å²) in [6.45, 7) is 2.03. The zero-order chi connectivity index (χ0) is 11.4. The maximum Gasteiger partial charge on any atom is 0.126 e. The normalized spacial score (nSPS) is 11.8. The van der Waals surface area contributed by atoms with Crippen molar-refractivity contribution in [1.29, 1.82) is 5.26 Å². The summed E-state index contributed by atoms with van der Waals surface area (Å²) >= 11 is 1.60. The summed E-state index contributed by atoms with van der Waals surface area (Å²) in [4.78, 5) is 8.36. The van der Waals surface area contributed by atoms with E-state index in [1.807, 2.05) is 18.4 Å². The molecule has 0 aliphatic rings. The van der Waals surface area contributed by atoms with Crippen molar-refractivity contribution in [1.82, 2.24) is 9.97 Å². The van der Waals surface area contributed by atoms with Crippen LogP contribution in [0.5, 0.6) is 0 Å². The predicted molar refractivity (Wildman–Crippen MR) is 63.1 cm³/mol. The minimum atomic E-state index is 0.125. The van der Waals surface area contributed by atoms with Crippen molar-refractivity contribution >= 4 is 17.2 Å². The number of thiazole rings is 1. The molecule has 0 bridgehead atoms. The lowest BCUT2D eigenvalue weighted by molar-refractivity contribution is 0.860. The molecular weight excluding hydrogens is 220 g/mol. The molecular formula is C11H10N4S. The van der Waals surface area contributed by atoms with E-state index < -0.39 is 0 Å². The van der Waals surface area contributed by atoms with Gasteiger partial charge in [-0.25, -0.2) is 9.97 Å². The van der Waals surface area contributed by atoms with Crippen molar-refractivity contribution in [3.63, 3.8) is 0 Å². The Morgan fingerprint density at radius 1 is 1.44 bits per heavy atom. The number of nitriles is 1. The van der Waals surface area contributed by atoms with Crippen LogP contribution in [0.15, 0.2) is 29.9 Å². The van der Waals surface area contributed by atoms with E-state index in [2.05, 4.69) is 15.3 Å². The Morgan fingerprint density at radius 2 is 2.31 bits per heavy atom. The maximum absolute atomic E-state index is 8.64. The summed E-state index contributed by atoms with van der Waals surface area (Å²) in [7, 11) is 0. The number of hydrogen-bond acceptors (Lipinski definition) is 5. The van der Waals surface area contributed by atoms with E-state index in [0.717, 1.165) is 10.8 Å². The van der Waals surface area contributed by atoms with Gasteiger partial charge in [0.1, 0.15) is 16.9 Å². The van der Waals surface area contributed by atoms with Crippen LogP contribution in [0.2, 0.25) is 0 Å². The Hall–Kier alpha value is -1.93. The number of hydrogen-bond donors (Lipinski definition) is 1. The van der Waals surface area contributed by atoms with Crippen molar-refractivity contribution in [2.24, 2.45) is 0 Å². The van der Waals surface area contributed by atoms with Crippen LogP contribution in [0.4, 0.5) is 5.82 Å². The van der Waals surface area contributed by atoms with E-state index >= 15 is 0 Å². The summed E-state index contributed by atoms with van der Waals surface area (Å²) in [6.07, 6.45) is 3.33. The molecule has 0 saturated heterocycles. The molecule has 16 heavy (non-hydrogen) atoms. The van der Waals surface area contributed by atoms with Gasteiger partial charge in [0.15, 0.2) is 0 Å². The van der Waals surface area contributed by atoms with Crippen LogP contribution in [0.25, 0.3) is 0 Å². The average Bonchev–Trinajstić information content (AvgIpc) is 2.83. The Morgan fingerprint density at radius 3 is 2.88 bits per heavy atom. The molecule has 0 aromatic carbocycles. The highest BCUT2D eigenvalue weighted by atomic mass is 32.1. The molecule has 5 heteroatoms. The topological polar surface area (TPSA) is 61.6 Å². The number of anilines is 1. The van der Waals surface area contributed by atoms with Gasteiger partial charge in [-0.05, 0) is 19.1 Å². The Balaban J connectivity index is 2.07. The van der Waals surface area contributed by atoms with Crippen molar-refractivity contribution in [3.8, 4) is 6.07 Å². The SMILES string of the molecule is CC(Nc1ccc(C#N)cn1)c1nccs1. The third-order valence-corrected chi connectivity index (χ3v) is 3.04. The highest BCUT2D eigenvalue weighted by Gasteiger charge is 2.07. The largest absolute Gasteiger partial charge is 0.361 e. The van der Waals surface area contributed by atoms with E-state index in [1.165, 1.54) is 0 Å². The first-order valence-electron chi connectivity index (χ1n) is 4.81. The minimum Gasteiger partial charge on any atom is -0.361 e. The average molecular weight is 230 g/mol. The minimum absolute atomic E-state index is 0.125. The summed E-state index contributed by atoms with van der Waals surface area (Å²) in [5.74, 6) is 0.752. The third kappa shape index (κ3) is 2.35. The second-order valence-corrected chi connectivity index (χ2v) is 4.21. The highest BCUT2D eigenvalue weighted by molar-refractivity contribution is 7.09. The van der Waals surface area contributed by atoms with E-state index in [1.54, 1.807) is 35.9 Å². The molecule has 1 atom stereocenters. The zero-order valence-electron chi connectivity index (χ0n) is 8.71. The van der Waals surface area contributed by atoms with Crippen LogP contribution in [-0.4, -0.2) is 9.97 Å². The summed E-state index contributed by atoms with van der Waals surface area (Å²) in [5.41, 5.74) is 0.562. The van der Waals surface area contributed by atoms with E-state index in [0.29, 0.717) is 5.56 Å². The van der Waals surface area contributed by atoms with Crippen molar-refractivity contribution in [2.75, 3.05) is 5.32 Å². The van der Waals surface area contributed by atoms with Gasteiger partial charge in [0.2, 0.25) is 0 Å². The second-order valence-electron chi connectivity index (χ2n) is 3.28. The summed E-state index contributed by atoms with van der Waals surface area (Å²) < 4.78 is 0. The Bertz CT molecular complexity index is 484. The fraction of sp³-hybridized carbons (Fsp3) is 0.182. The van der Waals surface area contributed by atoms with Gasteiger partial charge < -0.3 is 5.32 Å². The molecule has 1 unspecified atom stereocenters. The molecule has 0 aliphatic heterocycles. The second kappa shape index (κ2) is 4.73. The lowest BCUT2D eigenvalue weighted by Gasteiger charge is -2.11. The molecule has 4 nitrogen and oxygen atoms in total. The monoisotopic (exact) mass is 230 g/mol. The van der Waals surface area contributed by atoms with Crippen LogP contribution in [0, 0.1) is 11.3 Å². The van der Waals surface area contributed by atoms with Crippen molar-refractivity contribution in [2.45, 2.75) is 13.0 Å². The Kier molecular flexibility index (Phi) is 3.13. The van der Waals surface area contributed by atoms with Crippen LogP contribution in [0.3, 0.4) is 0 Å². The summed E-state index contributed by atoms with van der Waals surface area (Å²) in [6, 6.07) is 5.69. The van der Waals surface area contributed by atoms with Crippen LogP contribution in [0.1, 0.15) is 23.5 Å².